The third-order valence-electron chi connectivity index (χ3n) is 7.98. The summed E-state index contributed by atoms with van der Waals surface area (Å²) in [5.74, 6) is 2.35. The van der Waals surface area contributed by atoms with E-state index in [1.807, 2.05) is 58.3 Å². The van der Waals surface area contributed by atoms with E-state index in [9.17, 15) is 15.0 Å². The number of hydrogen-bond acceptors (Lipinski definition) is 5. The first-order valence-corrected chi connectivity index (χ1v) is 13.2. The molecular weight excluding hydrogens is 456 g/mol. The largest absolute Gasteiger partial charge is 0.496 e. The minimum Gasteiger partial charge on any atom is -0.496 e. The third-order valence-corrected chi connectivity index (χ3v) is 7.98. The van der Waals surface area contributed by atoms with Gasteiger partial charge in [-0.1, -0.05) is 36.4 Å². The Labute approximate surface area is 213 Å². The fourth-order valence-corrected chi connectivity index (χ4v) is 5.51. The Bertz CT molecular complexity index is 972. The molecule has 36 heavy (non-hydrogen) atoms. The Balaban J connectivity index is 1.52. The van der Waals surface area contributed by atoms with Crippen molar-refractivity contribution in [3.8, 4) is 11.5 Å². The van der Waals surface area contributed by atoms with Crippen molar-refractivity contribution in [2.45, 2.75) is 62.8 Å². The van der Waals surface area contributed by atoms with E-state index in [2.05, 4.69) is 0 Å². The molecule has 3 aliphatic rings. The van der Waals surface area contributed by atoms with Crippen LogP contribution < -0.4 is 9.47 Å². The molecule has 4 atom stereocenters. The van der Waals surface area contributed by atoms with Crippen LogP contribution in [0.3, 0.4) is 0 Å². The Kier molecular flexibility index (Phi) is 7.39. The predicted octanol–water partition coefficient (Wildman–Crippen LogP) is 3.51. The summed E-state index contributed by atoms with van der Waals surface area (Å²) in [4.78, 5) is 17.9. The molecule has 0 bridgehead atoms. The third kappa shape index (κ3) is 5.32. The molecule has 0 aromatic heterocycles. The number of para-hydroxylation sites is 2. The first kappa shape index (κ1) is 24.9. The van der Waals surface area contributed by atoms with Crippen molar-refractivity contribution >= 4 is 6.03 Å². The number of ether oxygens (including phenoxy) is 2. The molecule has 0 unspecified atom stereocenters. The zero-order valence-electron chi connectivity index (χ0n) is 21.3. The molecular formula is C29H38N2O5. The number of carbonyl (C=O) groups is 1. The van der Waals surface area contributed by atoms with Crippen LogP contribution in [0, 0.1) is 11.8 Å². The number of hydrogen-bond donors (Lipinski definition) is 2. The molecule has 5 rings (SSSR count). The van der Waals surface area contributed by atoms with Crippen molar-refractivity contribution < 1.29 is 24.5 Å². The Morgan fingerprint density at radius 3 is 1.47 bits per heavy atom. The molecule has 2 aromatic rings. The van der Waals surface area contributed by atoms with Gasteiger partial charge in [-0.3, -0.25) is 0 Å². The van der Waals surface area contributed by atoms with Gasteiger partial charge in [0.2, 0.25) is 0 Å². The molecule has 7 heteroatoms. The molecule has 2 aliphatic carbocycles. The lowest BCUT2D eigenvalue weighted by Gasteiger charge is -2.36. The molecule has 2 amide bonds. The van der Waals surface area contributed by atoms with Crippen LogP contribution in [0.2, 0.25) is 0 Å². The molecule has 0 spiro atoms. The summed E-state index contributed by atoms with van der Waals surface area (Å²) in [5.41, 5.74) is 1.84. The summed E-state index contributed by atoms with van der Waals surface area (Å²) in [6.07, 6.45) is 3.02. The van der Waals surface area contributed by atoms with Gasteiger partial charge in [0, 0.05) is 13.1 Å². The molecule has 0 radical (unpaired) electrons. The van der Waals surface area contributed by atoms with Gasteiger partial charge in [-0.2, -0.15) is 0 Å². The average Bonchev–Trinajstić information content (AvgIpc) is 3.83. The van der Waals surface area contributed by atoms with Gasteiger partial charge in [0.05, 0.1) is 26.3 Å². The Morgan fingerprint density at radius 2 is 1.11 bits per heavy atom. The smallest absolute Gasteiger partial charge is 0.320 e. The number of carbonyl (C=O) groups excluding carboxylic acids is 1. The molecule has 7 nitrogen and oxygen atoms in total. The number of urea groups is 1. The van der Waals surface area contributed by atoms with Crippen molar-refractivity contribution in [3.05, 3.63) is 59.7 Å². The molecule has 194 valence electrons. The topological polar surface area (TPSA) is 82.5 Å². The van der Waals surface area contributed by atoms with E-state index in [0.717, 1.165) is 48.3 Å². The standard InChI is InChI=1S/C29H38N2O5/c1-35-25-9-5-3-7-21(25)15-23-27(32)28(33)24(16-22-8-4-6-10-26(22)36-2)31(18-20-13-14-20)29(34)30(23)17-19-11-12-19/h3-10,19-20,23-24,27-28,32-33H,11-18H2,1-2H3/t23-,24-,27+,28+/m1/s1. The average molecular weight is 495 g/mol. The highest BCUT2D eigenvalue weighted by molar-refractivity contribution is 5.76. The second kappa shape index (κ2) is 10.7. The SMILES string of the molecule is COc1ccccc1C[C@@H]1[C@H](O)[C@@H](O)[C@@H](Cc2ccccc2OC)N(CC2CC2)C(=O)N1CC1CC1. The number of rotatable bonds is 10. The van der Waals surface area contributed by atoms with Crippen molar-refractivity contribution in [2.75, 3.05) is 27.3 Å². The lowest BCUT2D eigenvalue weighted by molar-refractivity contribution is -0.0402. The van der Waals surface area contributed by atoms with Gasteiger partial charge < -0.3 is 29.5 Å². The van der Waals surface area contributed by atoms with Gasteiger partial charge in [0.25, 0.3) is 0 Å². The maximum absolute atomic E-state index is 14.2. The van der Waals surface area contributed by atoms with Crippen LogP contribution >= 0.6 is 0 Å². The quantitative estimate of drug-likeness (QED) is 0.528. The summed E-state index contributed by atoms with van der Waals surface area (Å²) in [6.45, 7) is 1.20. The van der Waals surface area contributed by atoms with E-state index in [1.54, 1.807) is 14.2 Å². The number of amides is 2. The predicted molar refractivity (Wildman–Crippen MR) is 137 cm³/mol. The van der Waals surface area contributed by atoms with Gasteiger partial charge in [0.15, 0.2) is 0 Å². The number of aliphatic hydroxyl groups is 2. The Morgan fingerprint density at radius 1 is 0.722 bits per heavy atom. The van der Waals surface area contributed by atoms with Crippen LogP contribution in [0.5, 0.6) is 11.5 Å². The highest BCUT2D eigenvalue weighted by Crippen LogP contribution is 2.38. The second-order valence-corrected chi connectivity index (χ2v) is 10.6. The molecule has 3 fully saturated rings. The first-order chi connectivity index (χ1) is 17.5. The van der Waals surface area contributed by atoms with E-state index in [1.165, 1.54) is 0 Å². The fraction of sp³-hybridized carbons (Fsp3) is 0.552. The van der Waals surface area contributed by atoms with Crippen LogP contribution in [0.1, 0.15) is 36.8 Å². The number of methoxy groups -OCH3 is 2. The van der Waals surface area contributed by atoms with Crippen LogP contribution in [0.15, 0.2) is 48.5 Å². The zero-order chi connectivity index (χ0) is 25.2. The van der Waals surface area contributed by atoms with Crippen LogP contribution in [-0.2, 0) is 12.8 Å². The summed E-state index contributed by atoms with van der Waals surface area (Å²) in [7, 11) is 3.26. The maximum atomic E-state index is 14.2. The molecule has 1 aliphatic heterocycles. The fourth-order valence-electron chi connectivity index (χ4n) is 5.51. The monoisotopic (exact) mass is 494 g/mol. The van der Waals surface area contributed by atoms with Crippen molar-refractivity contribution in [3.63, 3.8) is 0 Å². The minimum atomic E-state index is -1.10. The maximum Gasteiger partial charge on any atom is 0.320 e. The number of aliphatic hydroxyl groups excluding tert-OH is 2. The first-order valence-electron chi connectivity index (χ1n) is 13.2. The van der Waals surface area contributed by atoms with E-state index >= 15 is 0 Å². The van der Waals surface area contributed by atoms with Crippen LogP contribution in [0.25, 0.3) is 0 Å². The minimum absolute atomic E-state index is 0.0794. The molecule has 2 N–H and O–H groups in total. The van der Waals surface area contributed by atoms with Crippen molar-refractivity contribution in [1.82, 2.24) is 9.80 Å². The van der Waals surface area contributed by atoms with Gasteiger partial charge in [-0.25, -0.2) is 4.79 Å². The van der Waals surface area contributed by atoms with E-state index < -0.39 is 24.3 Å². The number of nitrogens with zero attached hydrogens (tertiary/aromatic N) is 2. The van der Waals surface area contributed by atoms with E-state index in [4.69, 9.17) is 9.47 Å². The lowest BCUT2D eigenvalue weighted by Crippen LogP contribution is -2.52. The normalized spacial score (nSPS) is 26.6. The second-order valence-electron chi connectivity index (χ2n) is 10.6. The highest BCUT2D eigenvalue weighted by atomic mass is 16.5. The summed E-state index contributed by atoms with van der Waals surface area (Å²) in [5, 5.41) is 23.3. The lowest BCUT2D eigenvalue weighted by atomic mass is 9.90. The van der Waals surface area contributed by atoms with Gasteiger partial charge >= 0.3 is 6.03 Å². The highest BCUT2D eigenvalue weighted by Gasteiger charge is 2.48. The molecule has 2 aromatic carbocycles. The van der Waals surface area contributed by atoms with Crippen molar-refractivity contribution in [1.29, 1.82) is 0 Å². The molecule has 2 saturated carbocycles. The van der Waals surface area contributed by atoms with E-state index in [-0.39, 0.29) is 6.03 Å². The van der Waals surface area contributed by atoms with Gasteiger partial charge in [-0.15, -0.1) is 0 Å². The molecule has 1 heterocycles. The number of benzene rings is 2. The zero-order valence-corrected chi connectivity index (χ0v) is 21.3. The van der Waals surface area contributed by atoms with Crippen LogP contribution in [0.4, 0.5) is 4.79 Å². The summed E-state index contributed by atoms with van der Waals surface area (Å²) >= 11 is 0. The van der Waals surface area contributed by atoms with E-state index in [0.29, 0.717) is 37.8 Å². The van der Waals surface area contributed by atoms with Crippen LogP contribution in [-0.4, -0.2) is 77.6 Å². The Hall–Kier alpha value is -2.77. The van der Waals surface area contributed by atoms with Crippen molar-refractivity contribution in [2.24, 2.45) is 11.8 Å². The van der Waals surface area contributed by atoms with Gasteiger partial charge in [-0.05, 0) is 73.6 Å². The van der Waals surface area contributed by atoms with Gasteiger partial charge in [0.1, 0.15) is 23.7 Å². The summed E-state index contributed by atoms with van der Waals surface area (Å²) < 4.78 is 11.1. The summed E-state index contributed by atoms with van der Waals surface area (Å²) in [6, 6.07) is 14.3. The molecule has 1 saturated heterocycles.